The van der Waals surface area contributed by atoms with E-state index >= 15 is 0 Å². The van der Waals surface area contributed by atoms with E-state index in [1.807, 2.05) is 12.1 Å². The molecule has 0 saturated heterocycles. The van der Waals surface area contributed by atoms with Crippen molar-refractivity contribution in [3.63, 3.8) is 0 Å². The number of benzene rings is 6. The zero-order valence-electron chi connectivity index (χ0n) is 29.5. The third-order valence-corrected chi connectivity index (χ3v) is 11.6. The predicted octanol–water partition coefficient (Wildman–Crippen LogP) is 11.8. The highest BCUT2D eigenvalue weighted by Crippen LogP contribution is 2.58. The molecule has 3 unspecified atom stereocenters. The van der Waals surface area contributed by atoms with Crippen LogP contribution in [-0.2, 0) is 0 Å². The molecule has 5 heteroatoms. The second-order valence-electron chi connectivity index (χ2n) is 14.6. The molecule has 53 heavy (non-hydrogen) atoms. The molecule has 0 spiro atoms. The second kappa shape index (κ2) is 11.2. The number of amidine groups is 1. The van der Waals surface area contributed by atoms with Gasteiger partial charge in [0.05, 0.1) is 22.3 Å². The minimum absolute atomic E-state index is 0.186. The van der Waals surface area contributed by atoms with Gasteiger partial charge in [0.2, 0.25) is 0 Å². The first-order chi connectivity index (χ1) is 26.1. The summed E-state index contributed by atoms with van der Waals surface area (Å²) in [6, 6.07) is 51.9. The molecule has 0 fully saturated rings. The van der Waals surface area contributed by atoms with Crippen LogP contribution in [0.15, 0.2) is 179 Å². The Labute approximate surface area is 308 Å². The van der Waals surface area contributed by atoms with Crippen LogP contribution in [-0.4, -0.2) is 27.9 Å². The molecule has 4 heterocycles. The van der Waals surface area contributed by atoms with Crippen molar-refractivity contribution in [3.05, 3.63) is 192 Å². The number of anilines is 2. The lowest BCUT2D eigenvalue weighted by Crippen LogP contribution is -2.42. The van der Waals surface area contributed by atoms with Crippen LogP contribution in [0.5, 0.6) is 0 Å². The number of fused-ring (bicyclic) bond motifs is 10. The van der Waals surface area contributed by atoms with E-state index in [9.17, 15) is 0 Å². The van der Waals surface area contributed by atoms with Crippen molar-refractivity contribution in [2.75, 3.05) is 11.9 Å². The average molecular weight is 685 g/mol. The molecule has 254 valence electrons. The number of aromatic nitrogens is 1. The molecular formula is C48H36N4O. The Bertz CT molecular complexity index is 2840. The van der Waals surface area contributed by atoms with Crippen molar-refractivity contribution in [3.8, 4) is 5.69 Å². The van der Waals surface area contributed by atoms with E-state index in [0.717, 1.165) is 50.8 Å². The largest absolute Gasteiger partial charge is 0.456 e. The van der Waals surface area contributed by atoms with E-state index < -0.39 is 0 Å². The third kappa shape index (κ3) is 4.22. The van der Waals surface area contributed by atoms with Gasteiger partial charge in [0, 0.05) is 46.1 Å². The molecule has 0 N–H and O–H groups in total. The molecule has 8 aromatic rings. The summed E-state index contributed by atoms with van der Waals surface area (Å²) in [7, 11) is 2.14. The zero-order valence-corrected chi connectivity index (χ0v) is 29.5. The SMILES string of the molecule is CN1C(c2ccccc2)=Nc2c(oc3ccccc23)C1c1cccc(N2c3c(ccc4c3c3ccccc3n4-c3ccccc3)C3C=CC=CC32C)c1. The molecule has 3 atom stereocenters. The van der Waals surface area contributed by atoms with Crippen LogP contribution in [0.1, 0.15) is 41.3 Å². The molecule has 6 aromatic carbocycles. The highest BCUT2D eigenvalue weighted by atomic mass is 16.3. The number of furan rings is 1. The molecule has 0 saturated carbocycles. The molecule has 0 amide bonds. The normalized spacial score (nSPS) is 20.2. The Balaban J connectivity index is 1.15. The van der Waals surface area contributed by atoms with Crippen molar-refractivity contribution >= 4 is 55.7 Å². The summed E-state index contributed by atoms with van der Waals surface area (Å²) < 4.78 is 9.12. The minimum atomic E-state index is -0.320. The summed E-state index contributed by atoms with van der Waals surface area (Å²) in [5.41, 5.74) is 11.0. The van der Waals surface area contributed by atoms with Crippen molar-refractivity contribution in [2.24, 2.45) is 4.99 Å². The summed E-state index contributed by atoms with van der Waals surface area (Å²) in [6.07, 6.45) is 9.18. The van der Waals surface area contributed by atoms with E-state index in [1.54, 1.807) is 0 Å². The van der Waals surface area contributed by atoms with Crippen LogP contribution in [0, 0.1) is 0 Å². The summed E-state index contributed by atoms with van der Waals surface area (Å²) in [4.78, 5) is 10.1. The van der Waals surface area contributed by atoms with E-state index in [2.05, 4.69) is 186 Å². The topological polar surface area (TPSA) is 36.9 Å². The Kier molecular flexibility index (Phi) is 6.36. The molecular weight excluding hydrogens is 649 g/mol. The van der Waals surface area contributed by atoms with Crippen LogP contribution in [0.2, 0.25) is 0 Å². The Morgan fingerprint density at radius 3 is 2.26 bits per heavy atom. The second-order valence-corrected chi connectivity index (χ2v) is 14.6. The number of aliphatic imine (C=N–C) groups is 1. The highest BCUT2D eigenvalue weighted by Gasteiger charge is 2.48. The molecule has 1 aliphatic carbocycles. The molecule has 3 aliphatic rings. The van der Waals surface area contributed by atoms with E-state index in [4.69, 9.17) is 9.41 Å². The van der Waals surface area contributed by atoms with E-state index in [1.165, 1.54) is 33.1 Å². The molecule has 2 aliphatic heterocycles. The van der Waals surface area contributed by atoms with Crippen molar-refractivity contribution in [1.29, 1.82) is 0 Å². The number of hydrogen-bond acceptors (Lipinski definition) is 4. The maximum absolute atomic E-state index is 6.70. The lowest BCUT2D eigenvalue weighted by molar-refractivity contribution is 0.360. The molecule has 0 radical (unpaired) electrons. The van der Waals surface area contributed by atoms with Crippen LogP contribution in [0.3, 0.4) is 0 Å². The van der Waals surface area contributed by atoms with Crippen molar-refractivity contribution < 1.29 is 4.42 Å². The summed E-state index contributed by atoms with van der Waals surface area (Å²) in [6.45, 7) is 2.39. The molecule has 0 bridgehead atoms. The van der Waals surface area contributed by atoms with Crippen LogP contribution >= 0.6 is 0 Å². The zero-order chi connectivity index (χ0) is 35.3. The number of nitrogens with zero attached hydrogens (tertiary/aromatic N) is 4. The first-order valence-electron chi connectivity index (χ1n) is 18.4. The summed E-state index contributed by atoms with van der Waals surface area (Å²) in [5, 5.41) is 3.56. The van der Waals surface area contributed by atoms with Gasteiger partial charge in [0.25, 0.3) is 0 Å². The monoisotopic (exact) mass is 684 g/mol. The fourth-order valence-corrected chi connectivity index (χ4v) is 9.31. The average Bonchev–Trinajstić information content (AvgIpc) is 3.83. The predicted molar refractivity (Wildman–Crippen MR) is 217 cm³/mol. The van der Waals surface area contributed by atoms with Gasteiger partial charge in [-0.2, -0.15) is 0 Å². The van der Waals surface area contributed by atoms with Gasteiger partial charge in [-0.05, 0) is 66.6 Å². The van der Waals surface area contributed by atoms with Gasteiger partial charge in [0.15, 0.2) is 5.76 Å². The lowest BCUT2D eigenvalue weighted by Gasteiger charge is -2.40. The highest BCUT2D eigenvalue weighted by molar-refractivity contribution is 6.17. The molecule has 2 aromatic heterocycles. The number of hydrogen-bond donors (Lipinski definition) is 0. The Morgan fingerprint density at radius 1 is 0.679 bits per heavy atom. The standard InChI is InChI=1S/C48H36N4O/c1-48-29-14-13-24-38(48)35-27-28-40-42(36-22-9-11-25-39(36)51(40)33-19-7-4-8-20-33)45(35)52(48)34-21-15-18-32(30-34)44-46-43(37-23-10-12-26-41(37)53-46)49-47(50(44)2)31-16-5-3-6-17-31/h3-30,38,44H,1-2H3. The molecule has 5 nitrogen and oxygen atoms in total. The van der Waals surface area contributed by atoms with Gasteiger partial charge in [0.1, 0.15) is 23.1 Å². The van der Waals surface area contributed by atoms with Gasteiger partial charge in [-0.3, -0.25) is 0 Å². The fraction of sp³-hybridized carbons (Fsp3) is 0.104. The van der Waals surface area contributed by atoms with Gasteiger partial charge < -0.3 is 18.8 Å². The van der Waals surface area contributed by atoms with Gasteiger partial charge in [-0.15, -0.1) is 0 Å². The fourth-order valence-electron chi connectivity index (χ4n) is 9.31. The summed E-state index contributed by atoms with van der Waals surface area (Å²) >= 11 is 0. The van der Waals surface area contributed by atoms with Gasteiger partial charge in [-0.1, -0.05) is 121 Å². The smallest absolute Gasteiger partial charge is 0.158 e. The van der Waals surface area contributed by atoms with Crippen molar-refractivity contribution in [2.45, 2.75) is 24.4 Å². The third-order valence-electron chi connectivity index (χ3n) is 11.6. The Hall–Kier alpha value is -6.59. The number of rotatable bonds is 4. The summed E-state index contributed by atoms with van der Waals surface area (Å²) in [5.74, 6) is 1.98. The Morgan fingerprint density at radius 2 is 1.42 bits per heavy atom. The lowest BCUT2D eigenvalue weighted by atomic mass is 9.80. The number of para-hydroxylation sites is 3. The first kappa shape index (κ1) is 30.1. The quantitative estimate of drug-likeness (QED) is 0.185. The van der Waals surface area contributed by atoms with Crippen LogP contribution < -0.4 is 4.90 Å². The number of allylic oxidation sites excluding steroid dienone is 2. The maximum Gasteiger partial charge on any atom is 0.158 e. The van der Waals surface area contributed by atoms with Crippen LogP contribution in [0.25, 0.3) is 38.5 Å². The van der Waals surface area contributed by atoms with E-state index in [-0.39, 0.29) is 17.5 Å². The van der Waals surface area contributed by atoms with Crippen molar-refractivity contribution in [1.82, 2.24) is 9.47 Å². The molecule has 11 rings (SSSR count). The minimum Gasteiger partial charge on any atom is -0.456 e. The van der Waals surface area contributed by atoms with E-state index in [0.29, 0.717) is 0 Å². The first-order valence-corrected chi connectivity index (χ1v) is 18.4. The van der Waals surface area contributed by atoms with Crippen LogP contribution in [0.4, 0.5) is 17.1 Å². The van der Waals surface area contributed by atoms with Gasteiger partial charge >= 0.3 is 0 Å². The van der Waals surface area contributed by atoms with Gasteiger partial charge in [-0.25, -0.2) is 4.99 Å². The maximum atomic E-state index is 6.70.